The van der Waals surface area contributed by atoms with Gasteiger partial charge in [-0.3, -0.25) is 4.90 Å². The van der Waals surface area contributed by atoms with Gasteiger partial charge in [0.25, 0.3) is 0 Å². The third kappa shape index (κ3) is 5.88. The predicted molar refractivity (Wildman–Crippen MR) is 119 cm³/mol. The first kappa shape index (κ1) is 22.9. The molecule has 0 bridgehead atoms. The van der Waals surface area contributed by atoms with Crippen LogP contribution >= 0.6 is 11.6 Å². The van der Waals surface area contributed by atoms with Gasteiger partial charge in [0.15, 0.2) is 11.5 Å². The number of hydrogen-bond donors (Lipinski definition) is 1. The molecule has 1 heterocycles. The molecule has 3 rings (SSSR count). The fourth-order valence-corrected chi connectivity index (χ4v) is 4.87. The number of benzene rings is 2. The van der Waals surface area contributed by atoms with Crippen LogP contribution in [0.25, 0.3) is 0 Å². The van der Waals surface area contributed by atoms with Crippen molar-refractivity contribution in [2.75, 3.05) is 33.9 Å². The van der Waals surface area contributed by atoms with Crippen molar-refractivity contribution in [3.05, 3.63) is 52.5 Å². The average molecular weight is 453 g/mol. The zero-order valence-corrected chi connectivity index (χ0v) is 19.1. The van der Waals surface area contributed by atoms with E-state index in [0.717, 1.165) is 56.8 Å². The van der Waals surface area contributed by atoms with E-state index in [9.17, 15) is 8.42 Å². The lowest BCUT2D eigenvalue weighted by Crippen LogP contribution is -2.31. The molecule has 0 saturated heterocycles. The molecular formula is C22H29ClN2O4S. The topological polar surface area (TPSA) is 67.9 Å². The molecule has 0 unspecified atom stereocenters. The summed E-state index contributed by atoms with van der Waals surface area (Å²) in [5.74, 6) is 1.55. The van der Waals surface area contributed by atoms with Crippen molar-refractivity contribution in [2.45, 2.75) is 37.1 Å². The number of ether oxygens (including phenoxy) is 2. The maximum atomic E-state index is 12.3. The molecule has 0 aromatic heterocycles. The van der Waals surface area contributed by atoms with E-state index in [-0.39, 0.29) is 4.90 Å². The van der Waals surface area contributed by atoms with Crippen molar-refractivity contribution in [3.8, 4) is 11.5 Å². The maximum Gasteiger partial charge on any atom is 0.240 e. The normalized spacial score (nSPS) is 14.4. The van der Waals surface area contributed by atoms with Crippen LogP contribution in [0.4, 0.5) is 0 Å². The highest BCUT2D eigenvalue weighted by Crippen LogP contribution is 2.33. The molecule has 1 N–H and O–H groups in total. The first-order valence-electron chi connectivity index (χ1n) is 10.1. The SMILES string of the molecule is COc1cc2c(cc1OC)CN(CCCCCNS(=O)(=O)c1ccc(Cl)cc1)CC2. The lowest BCUT2D eigenvalue weighted by molar-refractivity contribution is 0.247. The lowest BCUT2D eigenvalue weighted by Gasteiger charge is -2.29. The molecule has 0 fully saturated rings. The first-order chi connectivity index (χ1) is 14.4. The Labute approximate surface area is 184 Å². The molecule has 1 aliphatic rings. The van der Waals surface area contributed by atoms with E-state index in [1.54, 1.807) is 26.4 Å². The summed E-state index contributed by atoms with van der Waals surface area (Å²) in [6.45, 7) is 3.35. The number of nitrogens with zero attached hydrogens (tertiary/aromatic N) is 1. The Morgan fingerprint density at radius 3 is 2.33 bits per heavy atom. The minimum absolute atomic E-state index is 0.242. The Morgan fingerprint density at radius 2 is 1.67 bits per heavy atom. The molecule has 164 valence electrons. The van der Waals surface area contributed by atoms with Gasteiger partial charge in [0.1, 0.15) is 0 Å². The zero-order chi connectivity index (χ0) is 21.6. The Balaban J connectivity index is 1.40. The molecule has 1 aliphatic heterocycles. The second-order valence-electron chi connectivity index (χ2n) is 7.41. The molecule has 2 aromatic carbocycles. The van der Waals surface area contributed by atoms with Gasteiger partial charge in [-0.25, -0.2) is 13.1 Å². The summed E-state index contributed by atoms with van der Waals surface area (Å²) in [5.41, 5.74) is 2.61. The quantitative estimate of drug-likeness (QED) is 0.554. The summed E-state index contributed by atoms with van der Waals surface area (Å²) in [6.07, 6.45) is 3.81. The minimum atomic E-state index is -3.47. The van der Waals surface area contributed by atoms with Gasteiger partial charge in [-0.05, 0) is 73.3 Å². The fraction of sp³-hybridized carbons (Fsp3) is 0.455. The van der Waals surface area contributed by atoms with Gasteiger partial charge >= 0.3 is 0 Å². The number of halogens is 1. The monoisotopic (exact) mass is 452 g/mol. The van der Waals surface area contributed by atoms with Gasteiger partial charge in [0.05, 0.1) is 19.1 Å². The van der Waals surface area contributed by atoms with E-state index in [2.05, 4.69) is 21.8 Å². The Kier molecular flexibility index (Phi) is 7.99. The molecule has 0 spiro atoms. The number of fused-ring (bicyclic) bond motifs is 1. The van der Waals surface area contributed by atoms with Gasteiger partial charge in [0, 0.05) is 24.7 Å². The number of sulfonamides is 1. The maximum absolute atomic E-state index is 12.3. The number of nitrogens with one attached hydrogen (secondary N) is 1. The Morgan fingerprint density at radius 1 is 1.00 bits per heavy atom. The van der Waals surface area contributed by atoms with E-state index in [4.69, 9.17) is 21.1 Å². The smallest absolute Gasteiger partial charge is 0.240 e. The van der Waals surface area contributed by atoms with E-state index < -0.39 is 10.0 Å². The summed E-state index contributed by atoms with van der Waals surface area (Å²) in [7, 11) is -0.151. The van der Waals surface area contributed by atoms with Crippen LogP contribution in [0, 0.1) is 0 Å². The van der Waals surface area contributed by atoms with Crippen LogP contribution in [-0.2, 0) is 23.0 Å². The molecule has 0 saturated carbocycles. The molecule has 0 radical (unpaired) electrons. The zero-order valence-electron chi connectivity index (χ0n) is 17.5. The molecule has 30 heavy (non-hydrogen) atoms. The second-order valence-corrected chi connectivity index (χ2v) is 9.62. The van der Waals surface area contributed by atoms with E-state index in [0.29, 0.717) is 11.6 Å². The van der Waals surface area contributed by atoms with Crippen molar-refractivity contribution >= 4 is 21.6 Å². The highest BCUT2D eigenvalue weighted by molar-refractivity contribution is 7.89. The highest BCUT2D eigenvalue weighted by Gasteiger charge is 2.19. The molecule has 0 atom stereocenters. The van der Waals surface area contributed by atoms with Crippen molar-refractivity contribution < 1.29 is 17.9 Å². The van der Waals surface area contributed by atoms with Crippen molar-refractivity contribution in [2.24, 2.45) is 0 Å². The van der Waals surface area contributed by atoms with Gasteiger partial charge in [-0.15, -0.1) is 0 Å². The van der Waals surface area contributed by atoms with Crippen LogP contribution in [-0.4, -0.2) is 47.2 Å². The summed E-state index contributed by atoms with van der Waals surface area (Å²) >= 11 is 5.81. The minimum Gasteiger partial charge on any atom is -0.493 e. The Hall–Kier alpha value is -1.80. The second kappa shape index (κ2) is 10.5. The van der Waals surface area contributed by atoms with Crippen LogP contribution in [0.1, 0.15) is 30.4 Å². The van der Waals surface area contributed by atoms with Crippen molar-refractivity contribution in [1.29, 1.82) is 0 Å². The average Bonchev–Trinajstić information content (AvgIpc) is 2.75. The predicted octanol–water partition coefficient (Wildman–Crippen LogP) is 3.86. The number of hydrogen-bond acceptors (Lipinski definition) is 5. The lowest BCUT2D eigenvalue weighted by atomic mass is 9.98. The van der Waals surface area contributed by atoms with Gasteiger partial charge in [0.2, 0.25) is 10.0 Å². The molecular weight excluding hydrogens is 424 g/mol. The summed E-state index contributed by atoms with van der Waals surface area (Å²) in [6, 6.07) is 10.4. The third-order valence-electron chi connectivity index (χ3n) is 5.36. The highest BCUT2D eigenvalue weighted by atomic mass is 35.5. The summed E-state index contributed by atoms with van der Waals surface area (Å²) in [4.78, 5) is 2.68. The van der Waals surface area contributed by atoms with Crippen LogP contribution in [0.3, 0.4) is 0 Å². The van der Waals surface area contributed by atoms with Crippen molar-refractivity contribution in [3.63, 3.8) is 0 Å². The largest absolute Gasteiger partial charge is 0.493 e. The van der Waals surface area contributed by atoms with Crippen LogP contribution in [0.5, 0.6) is 11.5 Å². The molecule has 8 heteroatoms. The molecule has 2 aromatic rings. The Bertz CT molecular complexity index is 948. The summed E-state index contributed by atoms with van der Waals surface area (Å²) in [5, 5.41) is 0.520. The molecule has 0 amide bonds. The fourth-order valence-electron chi connectivity index (χ4n) is 3.67. The van der Waals surface area contributed by atoms with E-state index in [1.807, 2.05) is 0 Å². The standard InChI is InChI=1S/C22H29ClN2O4S/c1-28-21-14-17-10-13-25(16-18(17)15-22(21)29-2)12-5-3-4-11-24-30(26,27)20-8-6-19(23)7-9-20/h6-9,14-15,24H,3-5,10-13,16H2,1-2H3. The van der Waals surface area contributed by atoms with Gasteiger partial charge in [-0.2, -0.15) is 0 Å². The van der Waals surface area contributed by atoms with Gasteiger partial charge < -0.3 is 9.47 Å². The number of unbranched alkanes of at least 4 members (excludes halogenated alkanes) is 2. The third-order valence-corrected chi connectivity index (χ3v) is 7.09. The molecule has 0 aliphatic carbocycles. The number of rotatable bonds is 10. The van der Waals surface area contributed by atoms with Gasteiger partial charge in [-0.1, -0.05) is 18.0 Å². The van der Waals surface area contributed by atoms with E-state index >= 15 is 0 Å². The summed E-state index contributed by atoms with van der Waals surface area (Å²) < 4.78 is 38.0. The van der Waals surface area contributed by atoms with E-state index in [1.165, 1.54) is 23.3 Å². The van der Waals surface area contributed by atoms with Crippen LogP contribution in [0.2, 0.25) is 5.02 Å². The van der Waals surface area contributed by atoms with Crippen LogP contribution < -0.4 is 14.2 Å². The van der Waals surface area contributed by atoms with Crippen LogP contribution in [0.15, 0.2) is 41.3 Å². The first-order valence-corrected chi connectivity index (χ1v) is 12.0. The molecule has 6 nitrogen and oxygen atoms in total. The van der Waals surface area contributed by atoms with Crippen molar-refractivity contribution in [1.82, 2.24) is 9.62 Å². The number of methoxy groups -OCH3 is 2.